The molecule has 0 aliphatic carbocycles. The first kappa shape index (κ1) is 17.9. The maximum absolute atomic E-state index is 5.95. The molecule has 3 aliphatic rings. The molecule has 138 valence electrons. The summed E-state index contributed by atoms with van der Waals surface area (Å²) in [7, 11) is 6.28. The summed E-state index contributed by atoms with van der Waals surface area (Å²) in [5, 5.41) is 3.58. The van der Waals surface area contributed by atoms with Gasteiger partial charge in [0.05, 0.1) is 12.7 Å². The lowest BCUT2D eigenvalue weighted by molar-refractivity contribution is -0.0817. The molecule has 0 aromatic carbocycles. The smallest absolute Gasteiger partial charge is 0.193 e. The van der Waals surface area contributed by atoms with Crippen LogP contribution in [-0.4, -0.2) is 113 Å². The van der Waals surface area contributed by atoms with Gasteiger partial charge in [-0.3, -0.25) is 9.89 Å². The van der Waals surface area contributed by atoms with Crippen molar-refractivity contribution >= 4 is 5.96 Å². The van der Waals surface area contributed by atoms with Crippen LogP contribution in [0.1, 0.15) is 12.8 Å². The Morgan fingerprint density at radius 1 is 1.08 bits per heavy atom. The summed E-state index contributed by atoms with van der Waals surface area (Å²) >= 11 is 0. The van der Waals surface area contributed by atoms with Crippen LogP contribution in [0.5, 0.6) is 0 Å². The average molecular weight is 339 g/mol. The predicted molar refractivity (Wildman–Crippen MR) is 95.6 cm³/mol. The van der Waals surface area contributed by atoms with Crippen molar-refractivity contribution in [1.82, 2.24) is 20.0 Å². The standard InChI is InChI=1S/C17H33N5O2/c1-18-17(19-11-14-12-20(2)6-7-21(14)3)22-8-10-24-16(13-22)15-5-4-9-23-15/h14-16H,4-13H2,1-3H3,(H,18,19). The second-order valence-corrected chi connectivity index (χ2v) is 7.23. The topological polar surface area (TPSA) is 52.6 Å². The van der Waals surface area contributed by atoms with E-state index in [0.717, 1.165) is 71.3 Å². The lowest BCUT2D eigenvalue weighted by Crippen LogP contribution is -2.57. The van der Waals surface area contributed by atoms with Gasteiger partial charge in [-0.15, -0.1) is 0 Å². The van der Waals surface area contributed by atoms with Crippen LogP contribution in [-0.2, 0) is 9.47 Å². The third kappa shape index (κ3) is 4.39. The summed E-state index contributed by atoms with van der Waals surface area (Å²) in [6, 6.07) is 0.524. The van der Waals surface area contributed by atoms with Crippen molar-refractivity contribution in [2.24, 2.45) is 4.99 Å². The Bertz CT molecular complexity index is 427. The van der Waals surface area contributed by atoms with Gasteiger partial charge in [-0.05, 0) is 26.9 Å². The van der Waals surface area contributed by atoms with Gasteiger partial charge in [0.25, 0.3) is 0 Å². The van der Waals surface area contributed by atoms with Gasteiger partial charge in [-0.1, -0.05) is 0 Å². The molecule has 0 aromatic heterocycles. The Morgan fingerprint density at radius 3 is 2.67 bits per heavy atom. The molecule has 0 radical (unpaired) electrons. The van der Waals surface area contributed by atoms with Crippen LogP contribution in [0.2, 0.25) is 0 Å². The molecule has 3 rings (SSSR count). The van der Waals surface area contributed by atoms with Gasteiger partial charge < -0.3 is 24.6 Å². The first-order valence-corrected chi connectivity index (χ1v) is 9.25. The van der Waals surface area contributed by atoms with Crippen LogP contribution >= 0.6 is 0 Å². The fraction of sp³-hybridized carbons (Fsp3) is 0.941. The molecule has 0 saturated carbocycles. The molecule has 3 saturated heterocycles. The molecule has 7 heteroatoms. The SMILES string of the molecule is CN=C(NCC1CN(C)CCN1C)N1CCOC(C2CCCO2)C1. The van der Waals surface area contributed by atoms with E-state index in [9.17, 15) is 0 Å². The number of guanidine groups is 1. The number of nitrogens with zero attached hydrogens (tertiary/aromatic N) is 4. The third-order valence-corrected chi connectivity index (χ3v) is 5.46. The minimum atomic E-state index is 0.170. The van der Waals surface area contributed by atoms with Gasteiger partial charge >= 0.3 is 0 Å². The zero-order chi connectivity index (χ0) is 16.9. The maximum Gasteiger partial charge on any atom is 0.193 e. The second kappa shape index (κ2) is 8.47. The number of aliphatic imine (C=N–C) groups is 1. The molecular weight excluding hydrogens is 306 g/mol. The fourth-order valence-corrected chi connectivity index (χ4v) is 3.85. The average Bonchev–Trinajstić information content (AvgIpc) is 3.13. The van der Waals surface area contributed by atoms with Crippen molar-refractivity contribution in [3.8, 4) is 0 Å². The van der Waals surface area contributed by atoms with Crippen LogP contribution < -0.4 is 5.32 Å². The van der Waals surface area contributed by atoms with Crippen LogP contribution in [0.15, 0.2) is 4.99 Å². The number of ether oxygens (including phenoxy) is 2. The van der Waals surface area contributed by atoms with Crippen molar-refractivity contribution in [3.05, 3.63) is 0 Å². The first-order valence-electron chi connectivity index (χ1n) is 9.25. The monoisotopic (exact) mass is 339 g/mol. The number of piperazine rings is 1. The van der Waals surface area contributed by atoms with Gasteiger partial charge in [-0.2, -0.15) is 0 Å². The molecule has 0 bridgehead atoms. The molecule has 3 aliphatic heterocycles. The number of rotatable bonds is 3. The largest absolute Gasteiger partial charge is 0.375 e. The van der Waals surface area contributed by atoms with E-state index in [0.29, 0.717) is 6.04 Å². The molecule has 1 N–H and O–H groups in total. The third-order valence-electron chi connectivity index (χ3n) is 5.46. The van der Waals surface area contributed by atoms with E-state index >= 15 is 0 Å². The number of hydrogen-bond donors (Lipinski definition) is 1. The maximum atomic E-state index is 5.95. The number of nitrogens with one attached hydrogen (secondary N) is 1. The van der Waals surface area contributed by atoms with Crippen molar-refractivity contribution in [3.63, 3.8) is 0 Å². The molecule has 24 heavy (non-hydrogen) atoms. The van der Waals surface area contributed by atoms with Gasteiger partial charge in [0.15, 0.2) is 5.96 Å². The molecule has 3 atom stereocenters. The second-order valence-electron chi connectivity index (χ2n) is 7.23. The molecule has 3 heterocycles. The quantitative estimate of drug-likeness (QED) is 0.562. The van der Waals surface area contributed by atoms with Crippen molar-refractivity contribution in [2.45, 2.75) is 31.1 Å². The lowest BCUT2D eigenvalue weighted by atomic mass is 10.1. The highest BCUT2D eigenvalue weighted by Crippen LogP contribution is 2.21. The molecular formula is C17H33N5O2. The summed E-state index contributed by atoms with van der Waals surface area (Å²) in [6.07, 6.45) is 2.69. The Kier molecular flexibility index (Phi) is 6.32. The van der Waals surface area contributed by atoms with E-state index in [1.165, 1.54) is 0 Å². The number of likely N-dealkylation sites (N-methyl/N-ethyl adjacent to an activating group) is 2. The minimum absolute atomic E-state index is 0.170. The Balaban J connectivity index is 1.51. The highest BCUT2D eigenvalue weighted by Gasteiger charge is 2.32. The highest BCUT2D eigenvalue weighted by molar-refractivity contribution is 5.80. The number of morpholine rings is 1. The Hall–Kier alpha value is -0.890. The normalized spacial score (nSPS) is 33.9. The summed E-state index contributed by atoms with van der Waals surface area (Å²) < 4.78 is 11.8. The Morgan fingerprint density at radius 2 is 1.92 bits per heavy atom. The Labute approximate surface area is 146 Å². The molecule has 0 aromatic rings. The molecule has 0 spiro atoms. The molecule has 7 nitrogen and oxygen atoms in total. The molecule has 3 unspecified atom stereocenters. The van der Waals surface area contributed by atoms with Crippen LogP contribution in [0, 0.1) is 0 Å². The summed E-state index contributed by atoms with van der Waals surface area (Å²) in [4.78, 5) is 11.7. The number of hydrogen-bond acceptors (Lipinski definition) is 5. The van der Waals surface area contributed by atoms with E-state index in [1.54, 1.807) is 0 Å². The van der Waals surface area contributed by atoms with E-state index in [2.05, 4.69) is 39.1 Å². The van der Waals surface area contributed by atoms with Crippen LogP contribution in [0.25, 0.3) is 0 Å². The van der Waals surface area contributed by atoms with E-state index in [-0.39, 0.29) is 12.2 Å². The van der Waals surface area contributed by atoms with Gasteiger partial charge in [0.1, 0.15) is 6.10 Å². The van der Waals surface area contributed by atoms with Crippen LogP contribution in [0.4, 0.5) is 0 Å². The first-order chi connectivity index (χ1) is 11.7. The van der Waals surface area contributed by atoms with Crippen molar-refractivity contribution in [1.29, 1.82) is 0 Å². The van der Waals surface area contributed by atoms with Gasteiger partial charge in [0.2, 0.25) is 0 Å². The predicted octanol–water partition coefficient (Wildman–Crippen LogP) is -0.313. The molecule has 0 amide bonds. The van der Waals surface area contributed by atoms with Gasteiger partial charge in [-0.25, -0.2) is 0 Å². The lowest BCUT2D eigenvalue weighted by Gasteiger charge is -2.40. The summed E-state index contributed by atoms with van der Waals surface area (Å²) in [6.45, 7) is 7.68. The van der Waals surface area contributed by atoms with E-state index in [4.69, 9.17) is 9.47 Å². The van der Waals surface area contributed by atoms with Gasteiger partial charge in [0, 0.05) is 59.0 Å². The van der Waals surface area contributed by atoms with Crippen molar-refractivity contribution < 1.29 is 9.47 Å². The highest BCUT2D eigenvalue weighted by atomic mass is 16.5. The van der Waals surface area contributed by atoms with E-state index in [1.807, 2.05) is 7.05 Å². The zero-order valence-electron chi connectivity index (χ0n) is 15.4. The minimum Gasteiger partial charge on any atom is -0.375 e. The van der Waals surface area contributed by atoms with E-state index < -0.39 is 0 Å². The fourth-order valence-electron chi connectivity index (χ4n) is 3.85. The van der Waals surface area contributed by atoms with Crippen molar-refractivity contribution in [2.75, 3.05) is 73.6 Å². The van der Waals surface area contributed by atoms with Crippen LogP contribution in [0.3, 0.4) is 0 Å². The molecule has 3 fully saturated rings. The summed E-state index contributed by atoms with van der Waals surface area (Å²) in [5.74, 6) is 0.989. The summed E-state index contributed by atoms with van der Waals surface area (Å²) in [5.41, 5.74) is 0. The zero-order valence-corrected chi connectivity index (χ0v) is 15.4.